The first kappa shape index (κ1) is 22.5. The summed E-state index contributed by atoms with van der Waals surface area (Å²) in [6.07, 6.45) is 0. The summed E-state index contributed by atoms with van der Waals surface area (Å²) in [6.45, 7) is 12.3. The van der Waals surface area contributed by atoms with Gasteiger partial charge in [0.2, 0.25) is 0 Å². The van der Waals surface area contributed by atoms with Crippen molar-refractivity contribution in [3.8, 4) is 0 Å². The van der Waals surface area contributed by atoms with E-state index in [4.69, 9.17) is 0 Å². The summed E-state index contributed by atoms with van der Waals surface area (Å²) in [4.78, 5) is 28.6. The van der Waals surface area contributed by atoms with Crippen molar-refractivity contribution in [3.63, 3.8) is 0 Å². The van der Waals surface area contributed by atoms with Gasteiger partial charge in [0.05, 0.1) is 11.3 Å². The van der Waals surface area contributed by atoms with Gasteiger partial charge in [0, 0.05) is 5.69 Å². The summed E-state index contributed by atoms with van der Waals surface area (Å²) < 4.78 is 0. The molecule has 168 valence electrons. The Labute approximate surface area is 195 Å². The second-order valence-electron chi connectivity index (χ2n) is 9.11. The highest BCUT2D eigenvalue weighted by atomic mass is 16.2. The van der Waals surface area contributed by atoms with Crippen molar-refractivity contribution in [2.75, 3.05) is 10.2 Å². The highest BCUT2D eigenvalue weighted by Crippen LogP contribution is 2.35. The van der Waals surface area contributed by atoms with Gasteiger partial charge >= 0.3 is 0 Å². The Morgan fingerprint density at radius 3 is 2.09 bits per heavy atom. The molecule has 1 aliphatic rings. The normalized spacial score (nSPS) is 14.0. The molecule has 3 aromatic carbocycles. The van der Waals surface area contributed by atoms with Crippen molar-refractivity contribution in [1.29, 1.82) is 0 Å². The van der Waals surface area contributed by atoms with Crippen LogP contribution in [0.3, 0.4) is 0 Å². The summed E-state index contributed by atoms with van der Waals surface area (Å²) in [6, 6.07) is 19.5. The monoisotopic (exact) mass is 438 g/mol. The van der Waals surface area contributed by atoms with Gasteiger partial charge in [0.1, 0.15) is 5.70 Å². The number of rotatable bonds is 5. The predicted octanol–water partition coefficient (Wildman–Crippen LogP) is 6.44. The van der Waals surface area contributed by atoms with Crippen LogP contribution in [0.5, 0.6) is 0 Å². The quantitative estimate of drug-likeness (QED) is 0.466. The van der Waals surface area contributed by atoms with Gasteiger partial charge in [-0.2, -0.15) is 0 Å². The zero-order valence-electron chi connectivity index (χ0n) is 20.1. The molecule has 0 fully saturated rings. The van der Waals surface area contributed by atoms with E-state index in [1.165, 1.54) is 4.90 Å². The van der Waals surface area contributed by atoms with Crippen LogP contribution in [-0.2, 0) is 9.59 Å². The Morgan fingerprint density at radius 2 is 1.45 bits per heavy atom. The van der Waals surface area contributed by atoms with Crippen LogP contribution in [0, 0.1) is 27.7 Å². The minimum Gasteiger partial charge on any atom is -0.350 e. The lowest BCUT2D eigenvalue weighted by atomic mass is 9.99. The van der Waals surface area contributed by atoms with Gasteiger partial charge in [0.15, 0.2) is 0 Å². The number of amides is 2. The largest absolute Gasteiger partial charge is 0.350 e. The highest BCUT2D eigenvalue weighted by molar-refractivity contribution is 6.46. The van der Waals surface area contributed by atoms with Gasteiger partial charge in [-0.25, -0.2) is 4.90 Å². The average molecular weight is 439 g/mol. The van der Waals surface area contributed by atoms with Gasteiger partial charge in [-0.1, -0.05) is 56.3 Å². The van der Waals surface area contributed by atoms with Crippen LogP contribution in [0.4, 0.5) is 11.4 Å². The van der Waals surface area contributed by atoms with Crippen LogP contribution in [-0.4, -0.2) is 11.8 Å². The topological polar surface area (TPSA) is 49.4 Å². The number of carbonyl (C=O) groups excluding carboxylic acids is 2. The molecule has 2 amide bonds. The lowest BCUT2D eigenvalue weighted by Gasteiger charge is -2.17. The van der Waals surface area contributed by atoms with Crippen molar-refractivity contribution < 1.29 is 9.59 Å². The summed E-state index contributed by atoms with van der Waals surface area (Å²) in [5.74, 6) is -0.283. The van der Waals surface area contributed by atoms with Crippen molar-refractivity contribution >= 4 is 28.8 Å². The number of nitrogens with one attached hydrogen (secondary N) is 1. The first-order valence-corrected chi connectivity index (χ1v) is 11.3. The fourth-order valence-corrected chi connectivity index (χ4v) is 4.07. The molecule has 1 aliphatic heterocycles. The second-order valence-corrected chi connectivity index (χ2v) is 9.11. The number of carbonyl (C=O) groups is 2. The Balaban J connectivity index is 1.83. The van der Waals surface area contributed by atoms with Gasteiger partial charge in [-0.3, -0.25) is 9.59 Å². The highest BCUT2D eigenvalue weighted by Gasteiger charge is 2.40. The molecule has 4 nitrogen and oxygen atoms in total. The predicted molar refractivity (Wildman–Crippen MR) is 135 cm³/mol. The molecule has 0 saturated carbocycles. The summed E-state index contributed by atoms with van der Waals surface area (Å²) in [5, 5.41) is 3.31. The molecule has 0 unspecified atom stereocenters. The van der Waals surface area contributed by atoms with Crippen LogP contribution < -0.4 is 10.2 Å². The summed E-state index contributed by atoms with van der Waals surface area (Å²) >= 11 is 0. The molecule has 4 heteroatoms. The zero-order valence-corrected chi connectivity index (χ0v) is 20.1. The van der Waals surface area contributed by atoms with E-state index in [-0.39, 0.29) is 11.8 Å². The van der Waals surface area contributed by atoms with E-state index in [0.29, 0.717) is 22.9 Å². The fourth-order valence-electron chi connectivity index (χ4n) is 4.07. The van der Waals surface area contributed by atoms with Crippen LogP contribution in [0.1, 0.15) is 53.1 Å². The van der Waals surface area contributed by atoms with Gasteiger partial charge in [-0.05, 0) is 85.2 Å². The summed E-state index contributed by atoms with van der Waals surface area (Å²) in [7, 11) is 0. The molecule has 33 heavy (non-hydrogen) atoms. The first-order chi connectivity index (χ1) is 15.7. The molecule has 0 saturated heterocycles. The number of aryl methyl sites for hydroxylation is 3. The molecule has 0 radical (unpaired) electrons. The third-order valence-electron chi connectivity index (χ3n) is 6.56. The number of anilines is 2. The van der Waals surface area contributed by atoms with E-state index in [1.54, 1.807) is 0 Å². The molecule has 0 atom stereocenters. The van der Waals surface area contributed by atoms with E-state index in [2.05, 4.69) is 19.2 Å². The number of nitrogens with zero attached hydrogens (tertiary/aromatic N) is 1. The third kappa shape index (κ3) is 4.09. The van der Waals surface area contributed by atoms with Gasteiger partial charge in [0.25, 0.3) is 11.8 Å². The van der Waals surface area contributed by atoms with Crippen LogP contribution in [0.2, 0.25) is 0 Å². The third-order valence-corrected chi connectivity index (χ3v) is 6.56. The molecule has 0 aromatic heterocycles. The smallest absolute Gasteiger partial charge is 0.282 e. The zero-order chi connectivity index (χ0) is 23.9. The van der Waals surface area contributed by atoms with E-state index in [9.17, 15) is 9.59 Å². The lowest BCUT2D eigenvalue weighted by Crippen LogP contribution is -2.32. The van der Waals surface area contributed by atoms with E-state index >= 15 is 0 Å². The van der Waals surface area contributed by atoms with Crippen LogP contribution >= 0.6 is 0 Å². The number of imide groups is 1. The van der Waals surface area contributed by atoms with Crippen molar-refractivity contribution in [3.05, 3.63) is 99.7 Å². The molecule has 0 spiro atoms. The Kier molecular flexibility index (Phi) is 5.94. The number of benzene rings is 3. The van der Waals surface area contributed by atoms with E-state index in [1.807, 2.05) is 88.4 Å². The molecule has 0 bridgehead atoms. The molecular formula is C29H30N2O2. The standard InChI is InChI=1S/C29H30N2O2/c1-17(2)22-12-14-24(15-13-22)31-28(32)26(23-11-10-18(3)20(5)16-23)27(29(31)33)30-25-9-7-8-19(4)21(25)6/h7-17,30H,1-6H3. The maximum Gasteiger partial charge on any atom is 0.282 e. The van der Waals surface area contributed by atoms with Crippen molar-refractivity contribution in [1.82, 2.24) is 0 Å². The van der Waals surface area contributed by atoms with Gasteiger partial charge in [-0.15, -0.1) is 0 Å². The average Bonchev–Trinajstić information content (AvgIpc) is 3.03. The van der Waals surface area contributed by atoms with Crippen molar-refractivity contribution in [2.45, 2.75) is 47.5 Å². The fraction of sp³-hybridized carbons (Fsp3) is 0.241. The lowest BCUT2D eigenvalue weighted by molar-refractivity contribution is -0.120. The molecule has 4 rings (SSSR count). The summed E-state index contributed by atoms with van der Waals surface area (Å²) in [5.41, 5.74) is 8.39. The maximum absolute atomic E-state index is 13.7. The van der Waals surface area contributed by atoms with Crippen molar-refractivity contribution in [2.24, 2.45) is 0 Å². The maximum atomic E-state index is 13.7. The second kappa shape index (κ2) is 8.70. The molecule has 1 heterocycles. The molecular weight excluding hydrogens is 408 g/mol. The van der Waals surface area contributed by atoms with E-state index < -0.39 is 0 Å². The molecule has 3 aromatic rings. The first-order valence-electron chi connectivity index (χ1n) is 11.3. The Hall–Kier alpha value is -3.66. The van der Waals surface area contributed by atoms with Crippen LogP contribution in [0.25, 0.3) is 5.57 Å². The van der Waals surface area contributed by atoms with E-state index in [0.717, 1.165) is 39.1 Å². The molecule has 1 N–H and O–H groups in total. The SMILES string of the molecule is Cc1ccc(C2=C(Nc3cccc(C)c3C)C(=O)N(c3ccc(C(C)C)cc3)C2=O)cc1C. The van der Waals surface area contributed by atoms with Gasteiger partial charge < -0.3 is 5.32 Å². The minimum absolute atomic E-state index is 0.310. The van der Waals surface area contributed by atoms with Crippen LogP contribution in [0.15, 0.2) is 66.4 Å². The number of hydrogen-bond donors (Lipinski definition) is 1. The Morgan fingerprint density at radius 1 is 0.758 bits per heavy atom. The molecule has 0 aliphatic carbocycles. The Bertz CT molecular complexity index is 1280. The number of hydrogen-bond acceptors (Lipinski definition) is 3. The minimum atomic E-state index is -0.341.